The zero-order valence-electron chi connectivity index (χ0n) is 67.9. The SMILES string of the molecule is C[C@@H]1CNc2c(sc3ccc4nc(-c5cccc(N6CCN(C(=O)CCCCCCCc7ccc8c(c7)n(Cc7ccc9c(c7CCCCCCCC(O)N7CCN(c%10cccc(-c%11ccc%12c(ccc%13sc%14c(c%13%12)NC[C@@H](C)NC%14=O)n%11)c%10)CC7)n(C)c(=O)n9C7CCC(=O)NC7=O)c(=O)n8C7CCC(=O)NC7=O)CC6)c5)ccc4c23)C(=O)N1. The van der Waals surface area contributed by atoms with Crippen molar-refractivity contribution < 1.29 is 38.7 Å². The van der Waals surface area contributed by atoms with Crippen molar-refractivity contribution in [3.63, 3.8) is 0 Å². The molecule has 4 saturated heterocycles. The van der Waals surface area contributed by atoms with E-state index in [-0.39, 0.29) is 73.8 Å². The summed E-state index contributed by atoms with van der Waals surface area (Å²) in [5.74, 6) is -1.76. The molecule has 0 spiro atoms. The Bertz CT molecular complexity index is 6220. The second-order valence-corrected chi connectivity index (χ2v) is 35.5. The Balaban J connectivity index is 0.490. The first kappa shape index (κ1) is 79.5. The van der Waals surface area contributed by atoms with E-state index in [0.29, 0.717) is 90.4 Å². The standard InChI is InChI=1S/C92H100N16O10S2/c1-54-51-93-82-80-63-26-28-65(97-67(63)30-36-74(80)119-85(82)89(115)95-54)57-17-14-19-60(49-57)102-40-44-104(45-41-102)78(111)22-12-8-4-6-10-16-56-24-32-69-73(48-56)106(92(118)107(69)71-34-38-76(109)99-87(71)113)53-59-25-33-70-84(101(3)91(117)108(70)72-35-39-77(110)100-88(72)114)62(59)21-11-7-5-9-13-23-79(112)105-46-42-103(43-47-105)61-20-15-18-58(50-61)66-29-27-64-68(98-66)31-37-75-81(64)83-86(120-75)90(116)96-55(2)52-94-83/h14-15,17-20,24-33,36-37,48-50,54-55,71-72,79,93-94,112H,4-13,16,21-23,34-35,38-47,51-53H2,1-3H3,(H,95,115)(H,96,116)(H,99,109,113)(H,100,110,114)/t54-,55-,71?,72?,79?/m1/s1. The number of hydrogen-bond acceptors (Lipinski definition) is 19. The molecule has 12 aromatic rings. The number of nitrogens with one attached hydrogen (secondary N) is 6. The zero-order chi connectivity index (χ0) is 82.6. The number of imide groups is 2. The van der Waals surface area contributed by atoms with Crippen molar-refractivity contribution >= 4 is 151 Å². The Hall–Kier alpha value is -11.6. The number of carbonyl (C=O) groups is 7. The fourth-order valence-electron chi connectivity index (χ4n) is 18.9. The van der Waals surface area contributed by atoms with E-state index in [9.17, 15) is 43.5 Å². The molecule has 7 amide bonds. The number of pyridine rings is 2. The van der Waals surface area contributed by atoms with Crippen LogP contribution in [0.2, 0.25) is 0 Å². The van der Waals surface area contributed by atoms with Gasteiger partial charge in [0.15, 0.2) is 0 Å². The topological polar surface area (TPSA) is 304 Å². The molecular weight excluding hydrogens is 1550 g/mol. The molecule has 3 unspecified atom stereocenters. The maximum absolute atomic E-state index is 15.2. The smallest absolute Gasteiger partial charge is 0.330 e. The Morgan fingerprint density at radius 2 is 1.06 bits per heavy atom. The molecule has 18 rings (SSSR count). The van der Waals surface area contributed by atoms with Crippen molar-refractivity contribution in [2.24, 2.45) is 7.05 Å². The van der Waals surface area contributed by atoms with Gasteiger partial charge in [-0.1, -0.05) is 74.9 Å². The third-order valence-corrected chi connectivity index (χ3v) is 27.7. The molecule has 0 bridgehead atoms. The average molecular weight is 1650 g/mol. The number of aliphatic hydroxyl groups is 1. The third-order valence-electron chi connectivity index (χ3n) is 25.4. The molecule has 5 atom stereocenters. The fraction of sp³-hybridized carbons (Fsp3) is 0.402. The van der Waals surface area contributed by atoms with Crippen LogP contribution >= 0.6 is 22.7 Å². The minimum absolute atomic E-state index is 0.0180. The van der Waals surface area contributed by atoms with Crippen LogP contribution in [0.5, 0.6) is 0 Å². The van der Waals surface area contributed by atoms with Gasteiger partial charge in [-0.05, 0) is 179 Å². The summed E-state index contributed by atoms with van der Waals surface area (Å²) in [6.07, 6.45) is 11.0. The van der Waals surface area contributed by atoms with E-state index >= 15 is 4.79 Å². The number of imidazole rings is 2. The molecule has 6 aliphatic heterocycles. The van der Waals surface area contributed by atoms with Gasteiger partial charge in [-0.15, -0.1) is 22.7 Å². The summed E-state index contributed by atoms with van der Waals surface area (Å²) in [6.45, 7) is 11.1. The zero-order valence-corrected chi connectivity index (χ0v) is 69.6. The molecule has 0 saturated carbocycles. The summed E-state index contributed by atoms with van der Waals surface area (Å²) < 4.78 is 8.40. The number of nitrogens with zero attached hydrogens (tertiary/aromatic N) is 10. The molecule has 620 valence electrons. The first-order valence-electron chi connectivity index (χ1n) is 42.7. The Morgan fingerprint density at radius 3 is 1.63 bits per heavy atom. The van der Waals surface area contributed by atoms with Gasteiger partial charge in [0.2, 0.25) is 29.5 Å². The van der Waals surface area contributed by atoms with E-state index < -0.39 is 41.5 Å². The summed E-state index contributed by atoms with van der Waals surface area (Å²) in [5.41, 5.74) is 13.7. The third kappa shape index (κ3) is 15.7. The molecule has 12 heterocycles. The number of amides is 7. The Labute approximate surface area is 701 Å². The van der Waals surface area contributed by atoms with E-state index in [1.165, 1.54) is 31.8 Å². The summed E-state index contributed by atoms with van der Waals surface area (Å²) in [4.78, 5) is 142. The first-order chi connectivity index (χ1) is 58.3. The molecule has 6 aromatic carbocycles. The van der Waals surface area contributed by atoms with Gasteiger partial charge in [-0.25, -0.2) is 19.6 Å². The quantitative estimate of drug-likeness (QED) is 0.0207. The van der Waals surface area contributed by atoms with Crippen LogP contribution in [0.25, 0.3) is 86.6 Å². The largest absolute Gasteiger partial charge is 0.381 e. The van der Waals surface area contributed by atoms with Crippen LogP contribution in [0.4, 0.5) is 22.7 Å². The van der Waals surface area contributed by atoms with Crippen molar-refractivity contribution in [3.8, 4) is 22.5 Å². The minimum Gasteiger partial charge on any atom is -0.381 e. The van der Waals surface area contributed by atoms with Gasteiger partial charge in [0.25, 0.3) is 11.8 Å². The summed E-state index contributed by atoms with van der Waals surface area (Å²) >= 11 is 3.01. The second kappa shape index (κ2) is 33.9. The van der Waals surface area contributed by atoms with Gasteiger partial charge < -0.3 is 41.1 Å². The number of carbonyl (C=O) groups excluding carboxylic acids is 7. The number of hydrogen-bond donors (Lipinski definition) is 7. The number of fused-ring (bicyclic) bond motifs is 12. The number of unbranched alkanes of at least 4 members (excludes halogenated alkanes) is 8. The Kier molecular flexibility index (Phi) is 22.5. The lowest BCUT2D eigenvalue weighted by atomic mass is 9.97. The van der Waals surface area contributed by atoms with E-state index in [4.69, 9.17) is 9.97 Å². The predicted molar refractivity (Wildman–Crippen MR) is 473 cm³/mol. The lowest BCUT2D eigenvalue weighted by Crippen LogP contribution is -2.50. The number of rotatable bonds is 25. The number of anilines is 4. The van der Waals surface area contributed by atoms with Crippen molar-refractivity contribution in [2.45, 2.75) is 166 Å². The van der Waals surface area contributed by atoms with Crippen LogP contribution in [0.3, 0.4) is 0 Å². The molecular formula is C92H100N16O10S2. The molecule has 7 N–H and O–H groups in total. The minimum atomic E-state index is -0.919. The van der Waals surface area contributed by atoms with Gasteiger partial charge in [0.05, 0.1) is 62.4 Å². The van der Waals surface area contributed by atoms with Crippen molar-refractivity contribution in [1.29, 1.82) is 0 Å². The number of thiophene rings is 2. The summed E-state index contributed by atoms with van der Waals surface area (Å²) in [5, 5.41) is 33.8. The predicted octanol–water partition coefficient (Wildman–Crippen LogP) is 12.7. The molecule has 6 aromatic heterocycles. The normalized spacial score (nSPS) is 19.0. The maximum Gasteiger partial charge on any atom is 0.330 e. The van der Waals surface area contributed by atoms with Gasteiger partial charge in [-0.2, -0.15) is 0 Å². The van der Waals surface area contributed by atoms with Crippen LogP contribution in [0, 0.1) is 0 Å². The molecule has 26 nitrogen and oxygen atoms in total. The molecule has 28 heteroatoms. The monoisotopic (exact) mass is 1650 g/mol. The number of piperazine rings is 2. The van der Waals surface area contributed by atoms with E-state index in [0.717, 1.165) is 201 Å². The highest BCUT2D eigenvalue weighted by Crippen LogP contribution is 2.44. The van der Waals surface area contributed by atoms with Crippen LogP contribution in [-0.2, 0) is 50.4 Å². The highest BCUT2D eigenvalue weighted by molar-refractivity contribution is 7.22. The first-order valence-corrected chi connectivity index (χ1v) is 44.3. The summed E-state index contributed by atoms with van der Waals surface area (Å²) in [6, 6.07) is 41.4. The lowest BCUT2D eigenvalue weighted by Gasteiger charge is -2.38. The van der Waals surface area contributed by atoms with E-state index in [2.05, 4.69) is 132 Å². The van der Waals surface area contributed by atoms with E-state index in [1.807, 2.05) is 61.2 Å². The Morgan fingerprint density at radius 1 is 0.533 bits per heavy atom. The number of aliphatic hydroxyl groups excluding tert-OH is 1. The highest BCUT2D eigenvalue weighted by Gasteiger charge is 2.36. The van der Waals surface area contributed by atoms with Crippen LogP contribution < -0.4 is 53.1 Å². The van der Waals surface area contributed by atoms with Crippen LogP contribution in [0.15, 0.2) is 137 Å². The molecule has 0 aliphatic carbocycles. The van der Waals surface area contributed by atoms with Gasteiger partial charge >= 0.3 is 11.4 Å². The van der Waals surface area contributed by atoms with Crippen LogP contribution in [-0.4, -0.2) is 168 Å². The second-order valence-electron chi connectivity index (χ2n) is 33.4. The maximum atomic E-state index is 15.2. The van der Waals surface area contributed by atoms with Gasteiger partial charge in [-0.3, -0.25) is 67.4 Å². The molecule has 0 radical (unpaired) electrons. The number of piperidine rings is 2. The highest BCUT2D eigenvalue weighted by atomic mass is 32.1. The molecule has 4 fully saturated rings. The van der Waals surface area contributed by atoms with E-state index in [1.54, 1.807) is 16.2 Å². The number of benzene rings is 6. The lowest BCUT2D eigenvalue weighted by molar-refractivity contribution is -0.137. The fourth-order valence-corrected chi connectivity index (χ4v) is 21.1. The molecule has 6 aliphatic rings. The van der Waals surface area contributed by atoms with Crippen molar-refractivity contribution in [3.05, 3.63) is 175 Å². The molecule has 120 heavy (non-hydrogen) atoms. The van der Waals surface area contributed by atoms with Crippen LogP contribution in [0.1, 0.15) is 165 Å². The van der Waals surface area contributed by atoms with Gasteiger partial charge in [0, 0.05) is 157 Å². The average Bonchev–Trinajstić information content (AvgIpc) is 1.61. The van der Waals surface area contributed by atoms with Gasteiger partial charge in [0.1, 0.15) is 28.1 Å². The number of aryl methyl sites for hydroxylation is 3. The van der Waals surface area contributed by atoms with Crippen molar-refractivity contribution in [2.75, 3.05) is 85.9 Å². The number of aromatic nitrogens is 6. The van der Waals surface area contributed by atoms with Crippen molar-refractivity contribution in [1.82, 2.24) is 59.3 Å². The summed E-state index contributed by atoms with van der Waals surface area (Å²) in [7, 11) is 1.70.